The first-order valence-electron chi connectivity index (χ1n) is 7.57. The molecule has 2 heterocycles. The van der Waals surface area contributed by atoms with Gasteiger partial charge in [-0.05, 0) is 37.6 Å². The molecule has 1 aromatic heterocycles. The van der Waals surface area contributed by atoms with E-state index in [1.165, 1.54) is 11.1 Å². The number of likely N-dealkylation sites (N-methyl/N-ethyl adjacent to an activating group) is 2. The number of benzene rings is 1. The summed E-state index contributed by atoms with van der Waals surface area (Å²) in [4.78, 5) is 16.7. The monoisotopic (exact) mass is 298 g/mol. The van der Waals surface area contributed by atoms with E-state index in [-0.39, 0.29) is 11.9 Å². The van der Waals surface area contributed by atoms with Crippen molar-refractivity contribution in [3.05, 3.63) is 52.8 Å². The standard InChI is InChI=1S/C17H22N4O/c1-12-8-15(19-18-12)11-21(3)17(22)16-9-13-6-4-5-7-14(13)10-20(16)2/h4-8,16H,9-11H2,1-3H3,(H,18,19). The summed E-state index contributed by atoms with van der Waals surface area (Å²) in [6, 6.07) is 10.2. The SMILES string of the molecule is Cc1cc(CN(C)C(=O)C2Cc3ccccc3CN2C)n[nH]1. The lowest BCUT2D eigenvalue weighted by Crippen LogP contribution is -2.48. The Morgan fingerprint density at radius 2 is 2.14 bits per heavy atom. The molecule has 1 aromatic carbocycles. The van der Waals surface area contributed by atoms with Gasteiger partial charge in [0.1, 0.15) is 0 Å². The fourth-order valence-electron chi connectivity index (χ4n) is 3.06. The highest BCUT2D eigenvalue weighted by Gasteiger charge is 2.30. The van der Waals surface area contributed by atoms with Crippen LogP contribution >= 0.6 is 0 Å². The zero-order valence-corrected chi connectivity index (χ0v) is 13.3. The number of aromatic nitrogens is 2. The number of carbonyl (C=O) groups excluding carboxylic acids is 1. The van der Waals surface area contributed by atoms with E-state index in [1.807, 2.05) is 33.2 Å². The van der Waals surface area contributed by atoms with E-state index < -0.39 is 0 Å². The second-order valence-corrected chi connectivity index (χ2v) is 6.14. The second-order valence-electron chi connectivity index (χ2n) is 6.14. The summed E-state index contributed by atoms with van der Waals surface area (Å²) in [7, 11) is 3.87. The molecule has 1 amide bonds. The molecular formula is C17H22N4O. The van der Waals surface area contributed by atoms with Crippen molar-refractivity contribution >= 4 is 5.91 Å². The number of hydrogen-bond donors (Lipinski definition) is 1. The molecular weight excluding hydrogens is 276 g/mol. The third-order valence-corrected chi connectivity index (χ3v) is 4.30. The van der Waals surface area contributed by atoms with Crippen LogP contribution in [0.3, 0.4) is 0 Å². The van der Waals surface area contributed by atoms with Crippen molar-refractivity contribution in [2.75, 3.05) is 14.1 Å². The van der Waals surface area contributed by atoms with Crippen LogP contribution in [0.1, 0.15) is 22.5 Å². The molecule has 0 bridgehead atoms. The van der Waals surface area contributed by atoms with Crippen LogP contribution in [-0.2, 0) is 24.3 Å². The molecule has 1 N–H and O–H groups in total. The number of fused-ring (bicyclic) bond motifs is 1. The fourth-order valence-corrected chi connectivity index (χ4v) is 3.06. The maximum Gasteiger partial charge on any atom is 0.240 e. The van der Waals surface area contributed by atoms with Gasteiger partial charge in [-0.2, -0.15) is 5.10 Å². The Bertz CT molecular complexity index is 679. The molecule has 2 aromatic rings. The highest BCUT2D eigenvalue weighted by Crippen LogP contribution is 2.23. The predicted octanol–water partition coefficient (Wildman–Crippen LogP) is 1.73. The molecule has 116 valence electrons. The Hall–Kier alpha value is -2.14. The van der Waals surface area contributed by atoms with E-state index in [0.29, 0.717) is 6.54 Å². The lowest BCUT2D eigenvalue weighted by molar-refractivity contribution is -0.136. The molecule has 1 aliphatic heterocycles. The van der Waals surface area contributed by atoms with E-state index in [1.54, 1.807) is 4.90 Å². The van der Waals surface area contributed by atoms with Gasteiger partial charge >= 0.3 is 0 Å². The smallest absolute Gasteiger partial charge is 0.240 e. The van der Waals surface area contributed by atoms with E-state index in [9.17, 15) is 4.79 Å². The number of nitrogens with one attached hydrogen (secondary N) is 1. The molecule has 0 spiro atoms. The van der Waals surface area contributed by atoms with Gasteiger partial charge < -0.3 is 4.90 Å². The highest BCUT2D eigenvalue weighted by molar-refractivity contribution is 5.82. The minimum Gasteiger partial charge on any atom is -0.338 e. The van der Waals surface area contributed by atoms with Gasteiger partial charge in [0, 0.05) is 19.3 Å². The normalized spacial score (nSPS) is 18.0. The van der Waals surface area contributed by atoms with Crippen molar-refractivity contribution in [2.24, 2.45) is 0 Å². The Kier molecular flexibility index (Phi) is 3.98. The summed E-state index contributed by atoms with van der Waals surface area (Å²) in [6.45, 7) is 3.32. The lowest BCUT2D eigenvalue weighted by Gasteiger charge is -2.35. The Balaban J connectivity index is 1.72. The zero-order chi connectivity index (χ0) is 15.7. The van der Waals surface area contributed by atoms with Gasteiger partial charge in [-0.15, -0.1) is 0 Å². The Morgan fingerprint density at radius 1 is 1.41 bits per heavy atom. The van der Waals surface area contributed by atoms with E-state index >= 15 is 0 Å². The molecule has 3 rings (SSSR count). The molecule has 5 nitrogen and oxygen atoms in total. The van der Waals surface area contributed by atoms with Crippen molar-refractivity contribution < 1.29 is 4.79 Å². The molecule has 0 fully saturated rings. The molecule has 0 aliphatic carbocycles. The molecule has 1 aliphatic rings. The van der Waals surface area contributed by atoms with Gasteiger partial charge in [0.15, 0.2) is 0 Å². The molecule has 0 saturated heterocycles. The number of H-pyrrole nitrogens is 1. The van der Waals surface area contributed by atoms with E-state index in [2.05, 4.69) is 33.3 Å². The van der Waals surface area contributed by atoms with Gasteiger partial charge in [-0.3, -0.25) is 14.8 Å². The number of rotatable bonds is 3. The molecule has 0 saturated carbocycles. The van der Waals surface area contributed by atoms with Crippen molar-refractivity contribution in [3.8, 4) is 0 Å². The summed E-state index contributed by atoms with van der Waals surface area (Å²) in [5.74, 6) is 0.151. The van der Waals surface area contributed by atoms with Gasteiger partial charge in [0.2, 0.25) is 5.91 Å². The van der Waals surface area contributed by atoms with Crippen molar-refractivity contribution in [3.63, 3.8) is 0 Å². The number of hydrogen-bond acceptors (Lipinski definition) is 3. The van der Waals surface area contributed by atoms with Gasteiger partial charge in [-0.25, -0.2) is 0 Å². The first-order chi connectivity index (χ1) is 10.5. The zero-order valence-electron chi connectivity index (χ0n) is 13.3. The van der Waals surface area contributed by atoms with E-state index in [0.717, 1.165) is 24.4 Å². The lowest BCUT2D eigenvalue weighted by atomic mass is 9.94. The number of aromatic amines is 1. The first-order valence-corrected chi connectivity index (χ1v) is 7.57. The van der Waals surface area contributed by atoms with Crippen LogP contribution in [0.25, 0.3) is 0 Å². The summed E-state index contributed by atoms with van der Waals surface area (Å²) >= 11 is 0. The number of carbonyl (C=O) groups is 1. The Labute approximate surface area is 130 Å². The minimum atomic E-state index is -0.0973. The minimum absolute atomic E-state index is 0.0973. The van der Waals surface area contributed by atoms with Crippen LogP contribution in [0.2, 0.25) is 0 Å². The van der Waals surface area contributed by atoms with Crippen LogP contribution in [0.4, 0.5) is 0 Å². The van der Waals surface area contributed by atoms with Crippen molar-refractivity contribution in [1.82, 2.24) is 20.0 Å². The topological polar surface area (TPSA) is 52.2 Å². The van der Waals surface area contributed by atoms with Gasteiger partial charge in [-0.1, -0.05) is 24.3 Å². The maximum absolute atomic E-state index is 12.8. The quantitative estimate of drug-likeness (QED) is 0.939. The van der Waals surface area contributed by atoms with Gasteiger partial charge in [0.25, 0.3) is 0 Å². The molecule has 1 unspecified atom stereocenters. The third-order valence-electron chi connectivity index (χ3n) is 4.30. The molecule has 1 atom stereocenters. The highest BCUT2D eigenvalue weighted by atomic mass is 16.2. The fraction of sp³-hybridized carbons (Fsp3) is 0.412. The number of nitrogens with zero attached hydrogens (tertiary/aromatic N) is 3. The summed E-state index contributed by atoms with van der Waals surface area (Å²) in [5, 5.41) is 7.12. The van der Waals surface area contributed by atoms with Crippen molar-refractivity contribution in [1.29, 1.82) is 0 Å². The summed E-state index contributed by atoms with van der Waals surface area (Å²) < 4.78 is 0. The van der Waals surface area contributed by atoms with Crippen LogP contribution in [0.5, 0.6) is 0 Å². The largest absolute Gasteiger partial charge is 0.338 e. The average molecular weight is 298 g/mol. The Morgan fingerprint density at radius 3 is 2.82 bits per heavy atom. The predicted molar refractivity (Wildman–Crippen MR) is 85.2 cm³/mol. The van der Waals surface area contributed by atoms with Crippen LogP contribution in [0.15, 0.2) is 30.3 Å². The summed E-state index contributed by atoms with van der Waals surface area (Å²) in [5.41, 5.74) is 4.51. The molecule has 0 radical (unpaired) electrons. The van der Waals surface area contributed by atoms with Crippen LogP contribution < -0.4 is 0 Å². The third kappa shape index (κ3) is 2.90. The second kappa shape index (κ2) is 5.93. The average Bonchev–Trinajstić information content (AvgIpc) is 2.91. The van der Waals surface area contributed by atoms with Crippen LogP contribution in [-0.4, -0.2) is 46.0 Å². The van der Waals surface area contributed by atoms with Crippen molar-refractivity contribution in [2.45, 2.75) is 32.5 Å². The molecule has 5 heteroatoms. The van der Waals surface area contributed by atoms with E-state index in [4.69, 9.17) is 0 Å². The van der Waals surface area contributed by atoms with Gasteiger partial charge in [0.05, 0.1) is 18.3 Å². The maximum atomic E-state index is 12.8. The molecule has 22 heavy (non-hydrogen) atoms. The van der Waals surface area contributed by atoms with Crippen LogP contribution in [0, 0.1) is 6.92 Å². The number of amides is 1. The summed E-state index contributed by atoms with van der Waals surface area (Å²) in [6.07, 6.45) is 0.773. The first kappa shape index (κ1) is 14.8. The number of aryl methyl sites for hydroxylation is 1.